The van der Waals surface area contributed by atoms with Gasteiger partial charge in [-0.1, -0.05) is 77.5 Å². The number of fused-ring (bicyclic) bond motifs is 3. The second kappa shape index (κ2) is 7.87. The molecule has 1 N–H and O–H groups in total. The molecule has 6 rings (SSSR count). The summed E-state index contributed by atoms with van der Waals surface area (Å²) >= 11 is 8.03. The van der Waals surface area contributed by atoms with Gasteiger partial charge in [-0.25, -0.2) is 4.99 Å². The van der Waals surface area contributed by atoms with Gasteiger partial charge in [-0.05, 0) is 59.4 Å². The molecule has 4 nitrogen and oxygen atoms in total. The van der Waals surface area contributed by atoms with Crippen LogP contribution in [-0.4, -0.2) is 9.67 Å². The number of halogens is 1. The van der Waals surface area contributed by atoms with Gasteiger partial charge in [0.05, 0.1) is 16.3 Å². The third kappa shape index (κ3) is 3.36. The van der Waals surface area contributed by atoms with Crippen LogP contribution in [0.25, 0.3) is 11.8 Å². The molecular weight excluding hydrogens is 452 g/mol. The summed E-state index contributed by atoms with van der Waals surface area (Å²) in [5.74, 6) is 0.164. The molecule has 0 saturated heterocycles. The van der Waals surface area contributed by atoms with Crippen LogP contribution in [0.1, 0.15) is 34.7 Å². The lowest BCUT2D eigenvalue weighted by Crippen LogP contribution is -2.38. The summed E-state index contributed by atoms with van der Waals surface area (Å²) in [6.07, 6.45) is 3.53. The van der Waals surface area contributed by atoms with Gasteiger partial charge in [-0.15, -0.1) is 0 Å². The minimum atomic E-state index is -0.301. The molecule has 0 amide bonds. The van der Waals surface area contributed by atoms with E-state index in [1.165, 1.54) is 16.9 Å². The molecular formula is C27H19ClN2O2S. The lowest BCUT2D eigenvalue weighted by Gasteiger charge is -2.31. The summed E-state index contributed by atoms with van der Waals surface area (Å²) in [5, 5.41) is 10.5. The predicted molar refractivity (Wildman–Crippen MR) is 132 cm³/mol. The first-order chi connectivity index (χ1) is 16.1. The van der Waals surface area contributed by atoms with Gasteiger partial charge in [0.2, 0.25) is 0 Å². The van der Waals surface area contributed by atoms with E-state index in [1.54, 1.807) is 22.8 Å². The van der Waals surface area contributed by atoms with E-state index in [4.69, 9.17) is 16.6 Å². The highest BCUT2D eigenvalue weighted by atomic mass is 35.5. The molecule has 1 aromatic heterocycles. The van der Waals surface area contributed by atoms with Gasteiger partial charge in [0.1, 0.15) is 5.75 Å². The van der Waals surface area contributed by atoms with E-state index in [0.29, 0.717) is 14.4 Å². The van der Waals surface area contributed by atoms with Gasteiger partial charge in [0.15, 0.2) is 4.80 Å². The Morgan fingerprint density at radius 3 is 2.70 bits per heavy atom. The van der Waals surface area contributed by atoms with Gasteiger partial charge in [0, 0.05) is 10.6 Å². The Kier molecular flexibility index (Phi) is 4.82. The number of hydrogen-bond acceptors (Lipinski definition) is 4. The highest BCUT2D eigenvalue weighted by molar-refractivity contribution is 7.07. The average Bonchev–Trinajstić information content (AvgIpc) is 3.13. The van der Waals surface area contributed by atoms with Crippen molar-refractivity contribution < 1.29 is 5.11 Å². The number of benzene rings is 3. The average molecular weight is 471 g/mol. The second-order valence-corrected chi connectivity index (χ2v) is 9.65. The van der Waals surface area contributed by atoms with Crippen molar-refractivity contribution in [2.75, 3.05) is 0 Å². The van der Waals surface area contributed by atoms with E-state index in [9.17, 15) is 9.90 Å². The highest BCUT2D eigenvalue weighted by Gasteiger charge is 2.33. The molecule has 0 fully saturated rings. The summed E-state index contributed by atoms with van der Waals surface area (Å²) in [6, 6.07) is 22.7. The van der Waals surface area contributed by atoms with Crippen LogP contribution >= 0.6 is 22.9 Å². The molecule has 2 heterocycles. The minimum absolute atomic E-state index is 0.0996. The fraction of sp³-hybridized carbons (Fsp3) is 0.111. The zero-order valence-electron chi connectivity index (χ0n) is 17.5. The third-order valence-corrected chi connectivity index (χ3v) is 7.57. The maximum Gasteiger partial charge on any atom is 0.271 e. The van der Waals surface area contributed by atoms with Gasteiger partial charge < -0.3 is 5.11 Å². The van der Waals surface area contributed by atoms with Crippen LogP contribution in [0.2, 0.25) is 5.02 Å². The molecule has 1 atom stereocenters. The molecule has 1 aliphatic carbocycles. The standard InChI is InChI=1S/C27H19ClN2O2S/c28-22-11-4-3-10-20(22)25-21-13-12-17-7-1-2-9-19(17)24(21)29-27-30(25)26(32)23(33-27)15-16-6-5-8-18(31)14-16/h1-11,14-15,25,31H,12-13H2. The van der Waals surface area contributed by atoms with Crippen LogP contribution in [-0.2, 0) is 6.42 Å². The van der Waals surface area contributed by atoms with Crippen LogP contribution < -0.4 is 14.9 Å². The number of allylic oxidation sites excluding steroid dienone is 1. The zero-order chi connectivity index (χ0) is 22.5. The summed E-state index contributed by atoms with van der Waals surface area (Å²) in [6.45, 7) is 0. The molecule has 1 unspecified atom stereocenters. The van der Waals surface area contributed by atoms with E-state index in [1.807, 2.05) is 42.5 Å². The van der Waals surface area contributed by atoms with Crippen LogP contribution in [0.3, 0.4) is 0 Å². The van der Waals surface area contributed by atoms with Crippen LogP contribution in [0.5, 0.6) is 5.75 Å². The van der Waals surface area contributed by atoms with Crippen LogP contribution in [0.4, 0.5) is 0 Å². The molecule has 0 radical (unpaired) electrons. The lowest BCUT2D eigenvalue weighted by atomic mass is 9.83. The second-order valence-electron chi connectivity index (χ2n) is 8.23. The predicted octanol–water partition coefficient (Wildman–Crippen LogP) is 4.68. The summed E-state index contributed by atoms with van der Waals surface area (Å²) < 4.78 is 2.36. The minimum Gasteiger partial charge on any atom is -0.508 e. The first-order valence-electron chi connectivity index (χ1n) is 10.8. The van der Waals surface area contributed by atoms with Crippen molar-refractivity contribution in [3.63, 3.8) is 0 Å². The number of aromatic hydroxyl groups is 1. The Bertz CT molecular complexity index is 1630. The topological polar surface area (TPSA) is 54.6 Å². The Morgan fingerprint density at radius 1 is 1.03 bits per heavy atom. The summed E-state index contributed by atoms with van der Waals surface area (Å²) in [5.41, 5.74) is 6.05. The van der Waals surface area contributed by atoms with Crippen molar-refractivity contribution in [1.82, 2.24) is 4.57 Å². The molecule has 0 saturated carbocycles. The number of phenolic OH excluding ortho intramolecular Hbond substituents is 1. The molecule has 4 aromatic rings. The zero-order valence-corrected chi connectivity index (χ0v) is 19.1. The quantitative estimate of drug-likeness (QED) is 0.462. The Balaban J connectivity index is 1.65. The van der Waals surface area contributed by atoms with E-state index in [0.717, 1.165) is 40.8 Å². The SMILES string of the molecule is O=c1c(=Cc2cccc(O)c2)sc2n1C(c1ccccc1Cl)C1=C(N=2)c2ccccc2CC1. The largest absolute Gasteiger partial charge is 0.508 e. The first-order valence-corrected chi connectivity index (χ1v) is 12.0. The third-order valence-electron chi connectivity index (χ3n) is 6.24. The van der Waals surface area contributed by atoms with Gasteiger partial charge >= 0.3 is 0 Å². The Morgan fingerprint density at radius 2 is 1.85 bits per heavy atom. The molecule has 3 aromatic carbocycles. The van der Waals surface area contributed by atoms with Crippen molar-refractivity contribution in [1.29, 1.82) is 0 Å². The number of thiazole rings is 1. The molecule has 0 bridgehead atoms. The van der Waals surface area contributed by atoms with Crippen LogP contribution in [0, 0.1) is 0 Å². The van der Waals surface area contributed by atoms with E-state index >= 15 is 0 Å². The maximum absolute atomic E-state index is 13.7. The number of aromatic nitrogens is 1. The van der Waals surface area contributed by atoms with Crippen molar-refractivity contribution in [3.8, 4) is 5.75 Å². The number of nitrogens with zero attached hydrogens (tertiary/aromatic N) is 2. The Labute approximate surface area is 199 Å². The number of phenols is 1. The highest BCUT2D eigenvalue weighted by Crippen LogP contribution is 2.42. The number of hydrogen-bond donors (Lipinski definition) is 1. The number of aryl methyl sites for hydroxylation is 1. The molecule has 1 aliphatic heterocycles. The van der Waals surface area contributed by atoms with E-state index in [-0.39, 0.29) is 17.4 Å². The van der Waals surface area contributed by atoms with Crippen molar-refractivity contribution in [2.24, 2.45) is 4.99 Å². The molecule has 0 spiro atoms. The van der Waals surface area contributed by atoms with E-state index in [2.05, 4.69) is 18.2 Å². The monoisotopic (exact) mass is 470 g/mol. The molecule has 6 heteroatoms. The molecule has 162 valence electrons. The van der Waals surface area contributed by atoms with Crippen LogP contribution in [0.15, 0.2) is 88.2 Å². The summed E-state index contributed by atoms with van der Waals surface area (Å²) in [4.78, 5) is 19.3. The van der Waals surface area contributed by atoms with Gasteiger partial charge in [-0.3, -0.25) is 9.36 Å². The Hall–Kier alpha value is -3.41. The fourth-order valence-corrected chi connectivity index (χ4v) is 6.00. The van der Waals surface area contributed by atoms with Crippen molar-refractivity contribution in [3.05, 3.63) is 125 Å². The van der Waals surface area contributed by atoms with Crippen molar-refractivity contribution >= 4 is 34.7 Å². The summed E-state index contributed by atoms with van der Waals surface area (Å²) in [7, 11) is 0. The fourth-order valence-electron chi connectivity index (χ4n) is 4.76. The molecule has 2 aliphatic rings. The van der Waals surface area contributed by atoms with Gasteiger partial charge in [-0.2, -0.15) is 0 Å². The maximum atomic E-state index is 13.7. The molecule has 33 heavy (non-hydrogen) atoms. The first kappa shape index (κ1) is 20.2. The van der Waals surface area contributed by atoms with E-state index < -0.39 is 0 Å². The van der Waals surface area contributed by atoms with Crippen molar-refractivity contribution in [2.45, 2.75) is 18.9 Å². The smallest absolute Gasteiger partial charge is 0.271 e. The van der Waals surface area contributed by atoms with Gasteiger partial charge in [0.25, 0.3) is 5.56 Å². The number of rotatable bonds is 2. The normalized spacial score (nSPS) is 17.2. The lowest BCUT2D eigenvalue weighted by molar-refractivity contribution is 0.475.